The highest BCUT2D eigenvalue weighted by molar-refractivity contribution is 5.93. The van der Waals surface area contributed by atoms with Crippen LogP contribution >= 0.6 is 0 Å². The van der Waals surface area contributed by atoms with Gasteiger partial charge in [-0.05, 0) is 36.4 Å². The van der Waals surface area contributed by atoms with E-state index in [1.165, 1.54) is 12.1 Å². The van der Waals surface area contributed by atoms with Crippen LogP contribution in [0.3, 0.4) is 0 Å². The van der Waals surface area contributed by atoms with Gasteiger partial charge in [-0.15, -0.1) is 0 Å². The number of anilines is 3. The maximum Gasteiger partial charge on any atom is 0.248 e. The number of nitrogen functional groups attached to an aromatic ring is 1. The van der Waals surface area contributed by atoms with Gasteiger partial charge in [0.15, 0.2) is 0 Å². The maximum absolute atomic E-state index is 13.7. The first-order valence-corrected chi connectivity index (χ1v) is 5.28. The molecule has 4 nitrogen and oxygen atoms in total. The van der Waals surface area contributed by atoms with Gasteiger partial charge in [0.05, 0.1) is 5.69 Å². The number of rotatable bonds is 3. The van der Waals surface area contributed by atoms with Crippen molar-refractivity contribution in [3.63, 3.8) is 0 Å². The molecule has 5 N–H and O–H groups in total. The Labute approximate surface area is 103 Å². The van der Waals surface area contributed by atoms with E-state index < -0.39 is 11.7 Å². The Balaban J connectivity index is 2.27. The van der Waals surface area contributed by atoms with Crippen molar-refractivity contribution in [2.45, 2.75) is 0 Å². The van der Waals surface area contributed by atoms with Crippen molar-refractivity contribution in [3.8, 4) is 0 Å². The summed E-state index contributed by atoms with van der Waals surface area (Å²) in [6, 6.07) is 10.9. The van der Waals surface area contributed by atoms with Crippen LogP contribution in [0.2, 0.25) is 0 Å². The predicted octanol–water partition coefficient (Wildman–Crippen LogP) is 2.25. The Hall–Kier alpha value is -2.56. The average Bonchev–Trinajstić information content (AvgIpc) is 2.31. The zero-order valence-electron chi connectivity index (χ0n) is 9.48. The summed E-state index contributed by atoms with van der Waals surface area (Å²) in [5, 5.41) is 2.87. The molecule has 92 valence electrons. The second-order valence-electron chi connectivity index (χ2n) is 3.81. The first kappa shape index (κ1) is 11.9. The average molecular weight is 245 g/mol. The molecule has 0 aromatic heterocycles. The second-order valence-corrected chi connectivity index (χ2v) is 3.81. The fraction of sp³-hybridized carbons (Fsp3) is 0. The van der Waals surface area contributed by atoms with Gasteiger partial charge in [0.1, 0.15) is 5.82 Å². The van der Waals surface area contributed by atoms with Gasteiger partial charge in [-0.25, -0.2) is 4.39 Å². The molecule has 0 heterocycles. The summed E-state index contributed by atoms with van der Waals surface area (Å²) in [4.78, 5) is 10.9. The van der Waals surface area contributed by atoms with Crippen LogP contribution in [-0.2, 0) is 0 Å². The predicted molar refractivity (Wildman–Crippen MR) is 69.1 cm³/mol. The van der Waals surface area contributed by atoms with Crippen LogP contribution in [-0.4, -0.2) is 5.91 Å². The highest BCUT2D eigenvalue weighted by Crippen LogP contribution is 2.22. The van der Waals surface area contributed by atoms with Crippen LogP contribution < -0.4 is 16.8 Å². The molecule has 2 rings (SSSR count). The lowest BCUT2D eigenvalue weighted by Crippen LogP contribution is -2.11. The van der Waals surface area contributed by atoms with Gasteiger partial charge < -0.3 is 16.8 Å². The zero-order chi connectivity index (χ0) is 13.1. The van der Waals surface area contributed by atoms with Crippen molar-refractivity contribution in [2.24, 2.45) is 5.73 Å². The molecule has 0 atom stereocenters. The molecule has 0 saturated heterocycles. The third kappa shape index (κ3) is 2.57. The third-order valence-corrected chi connectivity index (χ3v) is 2.42. The molecule has 0 aliphatic carbocycles. The summed E-state index contributed by atoms with van der Waals surface area (Å²) in [6.45, 7) is 0. The highest BCUT2D eigenvalue weighted by atomic mass is 19.1. The molecule has 0 unspecified atom stereocenters. The number of nitrogens with two attached hydrogens (primary N) is 2. The zero-order valence-corrected chi connectivity index (χ0v) is 9.48. The maximum atomic E-state index is 13.7. The first-order chi connectivity index (χ1) is 8.56. The van der Waals surface area contributed by atoms with E-state index in [0.29, 0.717) is 11.4 Å². The van der Waals surface area contributed by atoms with Gasteiger partial charge in [0.2, 0.25) is 5.91 Å². The Morgan fingerprint density at radius 2 is 1.94 bits per heavy atom. The molecule has 2 aromatic rings. The van der Waals surface area contributed by atoms with E-state index in [4.69, 9.17) is 11.5 Å². The third-order valence-electron chi connectivity index (χ3n) is 2.42. The normalized spacial score (nSPS) is 10.1. The van der Waals surface area contributed by atoms with E-state index >= 15 is 0 Å². The van der Waals surface area contributed by atoms with Gasteiger partial charge in [-0.2, -0.15) is 0 Å². The van der Waals surface area contributed by atoms with Crippen molar-refractivity contribution >= 4 is 23.0 Å². The molecule has 0 aliphatic heterocycles. The van der Waals surface area contributed by atoms with Crippen LogP contribution in [0, 0.1) is 5.82 Å². The van der Waals surface area contributed by atoms with Crippen LogP contribution in [0.1, 0.15) is 10.4 Å². The quantitative estimate of drug-likeness (QED) is 0.725. The molecule has 0 spiro atoms. The van der Waals surface area contributed by atoms with Crippen molar-refractivity contribution in [1.82, 2.24) is 0 Å². The number of carbonyl (C=O) groups excluding carboxylic acids is 1. The minimum atomic E-state index is -0.663. The van der Waals surface area contributed by atoms with Crippen LogP contribution in [0.25, 0.3) is 0 Å². The molecule has 2 aromatic carbocycles. The van der Waals surface area contributed by atoms with Crippen LogP contribution in [0.5, 0.6) is 0 Å². The van der Waals surface area contributed by atoms with Gasteiger partial charge in [-0.3, -0.25) is 4.79 Å². The monoisotopic (exact) mass is 245 g/mol. The fourth-order valence-electron chi connectivity index (χ4n) is 1.54. The Morgan fingerprint density at radius 3 is 2.56 bits per heavy atom. The lowest BCUT2D eigenvalue weighted by atomic mass is 10.2. The van der Waals surface area contributed by atoms with Gasteiger partial charge in [0.25, 0.3) is 0 Å². The van der Waals surface area contributed by atoms with Crippen LogP contribution in [0.15, 0.2) is 42.5 Å². The van der Waals surface area contributed by atoms with Gasteiger partial charge in [-0.1, -0.05) is 6.07 Å². The number of benzene rings is 2. The lowest BCUT2D eigenvalue weighted by molar-refractivity contribution is 0.1000. The molecule has 0 bridgehead atoms. The molecular formula is C13H12FN3O. The molecule has 0 radical (unpaired) electrons. The van der Waals surface area contributed by atoms with E-state index in [0.717, 1.165) is 6.07 Å². The lowest BCUT2D eigenvalue weighted by Gasteiger charge is -2.08. The van der Waals surface area contributed by atoms with Crippen LogP contribution in [0.4, 0.5) is 21.5 Å². The number of carbonyl (C=O) groups is 1. The number of hydrogen-bond donors (Lipinski definition) is 3. The Bertz CT molecular complexity index is 599. The number of primary amides is 1. The van der Waals surface area contributed by atoms with Crippen molar-refractivity contribution < 1.29 is 9.18 Å². The molecule has 0 saturated carbocycles. The topological polar surface area (TPSA) is 81.1 Å². The number of amides is 1. The molecule has 18 heavy (non-hydrogen) atoms. The van der Waals surface area contributed by atoms with Crippen molar-refractivity contribution in [1.29, 1.82) is 0 Å². The van der Waals surface area contributed by atoms with E-state index in [1.807, 2.05) is 0 Å². The van der Waals surface area contributed by atoms with Crippen molar-refractivity contribution in [2.75, 3.05) is 11.1 Å². The van der Waals surface area contributed by atoms with Gasteiger partial charge in [0, 0.05) is 16.9 Å². The number of halogens is 1. The summed E-state index contributed by atoms with van der Waals surface area (Å²) in [5.41, 5.74) is 12.3. The standard InChI is InChI=1S/C13H12FN3O/c14-11-6-8(13(16)18)4-5-12(11)17-10-3-1-2-9(15)7-10/h1-7,17H,15H2,(H2,16,18). The molecule has 1 amide bonds. The summed E-state index contributed by atoms with van der Waals surface area (Å²) in [7, 11) is 0. The number of nitrogens with one attached hydrogen (secondary N) is 1. The molecular weight excluding hydrogens is 233 g/mol. The van der Waals surface area contributed by atoms with E-state index in [1.54, 1.807) is 24.3 Å². The molecule has 0 aliphatic rings. The summed E-state index contributed by atoms with van der Waals surface area (Å²) in [5.74, 6) is -1.21. The van der Waals surface area contributed by atoms with E-state index in [9.17, 15) is 9.18 Å². The molecule has 0 fully saturated rings. The SMILES string of the molecule is NC(=O)c1ccc(Nc2cccc(N)c2)c(F)c1. The first-order valence-electron chi connectivity index (χ1n) is 5.28. The number of hydrogen-bond acceptors (Lipinski definition) is 3. The van der Waals surface area contributed by atoms with E-state index in [-0.39, 0.29) is 11.3 Å². The second kappa shape index (κ2) is 4.75. The summed E-state index contributed by atoms with van der Waals surface area (Å²) >= 11 is 0. The minimum Gasteiger partial charge on any atom is -0.399 e. The Kier molecular flexibility index (Phi) is 3.14. The minimum absolute atomic E-state index is 0.130. The molecule has 5 heteroatoms. The van der Waals surface area contributed by atoms with E-state index in [2.05, 4.69) is 5.32 Å². The van der Waals surface area contributed by atoms with Crippen molar-refractivity contribution in [3.05, 3.63) is 53.8 Å². The fourth-order valence-corrected chi connectivity index (χ4v) is 1.54. The summed E-state index contributed by atoms with van der Waals surface area (Å²) in [6.07, 6.45) is 0. The smallest absolute Gasteiger partial charge is 0.248 e. The Morgan fingerprint density at radius 1 is 1.17 bits per heavy atom. The van der Waals surface area contributed by atoms with Gasteiger partial charge >= 0.3 is 0 Å². The highest BCUT2D eigenvalue weighted by Gasteiger charge is 2.07. The largest absolute Gasteiger partial charge is 0.399 e. The summed E-state index contributed by atoms with van der Waals surface area (Å²) < 4.78 is 13.7.